The van der Waals surface area contributed by atoms with E-state index in [1.807, 2.05) is 0 Å². The first kappa shape index (κ1) is 91.2. The minimum absolute atomic E-state index is 0. The first-order chi connectivity index (χ1) is 48.4. The summed E-state index contributed by atoms with van der Waals surface area (Å²) in [5, 5.41) is 75.1. The number of nitro groups is 4. The van der Waals surface area contributed by atoms with E-state index in [1.165, 1.54) is 6.07 Å². The van der Waals surface area contributed by atoms with Crippen LogP contribution in [-0.2, 0) is 47.9 Å². The number of nitrogens with zero attached hydrogens (tertiary/aromatic N) is 6. The number of aliphatic hydroxyl groups is 1. The molecule has 550 valence electrons. The number of ether oxygens (including phenoxy) is 5. The van der Waals surface area contributed by atoms with Crippen molar-refractivity contribution in [2.24, 2.45) is 11.8 Å². The largest absolute Gasteiger partial charge is 1.00 e. The number of nitrogen functional groups attached to an aromatic ring is 1. The van der Waals surface area contributed by atoms with Gasteiger partial charge in [0.2, 0.25) is 5.91 Å². The number of anilines is 6. The third-order valence-electron chi connectivity index (χ3n) is 13.8. The third kappa shape index (κ3) is 28.3. The van der Waals surface area contributed by atoms with Crippen LogP contribution in [0.4, 0.5) is 83.2 Å². The monoisotopic (exact) mass is 1540 g/mol. The first-order valence-electron chi connectivity index (χ1n) is 29.4. The van der Waals surface area contributed by atoms with Crippen LogP contribution in [0.2, 0.25) is 5.02 Å². The summed E-state index contributed by atoms with van der Waals surface area (Å²) in [6, 6.07) is 20.8. The molecule has 2 saturated heterocycles. The zero-order chi connectivity index (χ0) is 75.9. The summed E-state index contributed by atoms with van der Waals surface area (Å²) < 4.78 is 103. The number of hydrogen-bond acceptors (Lipinski definition) is 26. The molecule has 3 amide bonds. The molecule has 0 aliphatic carbocycles. The van der Waals surface area contributed by atoms with Gasteiger partial charge in [0.15, 0.2) is 71.2 Å². The van der Waals surface area contributed by atoms with Gasteiger partial charge in [-0.3, -0.25) is 64.4 Å². The summed E-state index contributed by atoms with van der Waals surface area (Å²) in [5.41, 5.74) is 6.17. The topological polar surface area (TPSA) is 480 Å². The number of nitrogens with two attached hydrogens (primary N) is 1. The summed E-state index contributed by atoms with van der Waals surface area (Å²) in [4.78, 5) is 120. The van der Waals surface area contributed by atoms with Crippen molar-refractivity contribution >= 4 is 111 Å². The second-order valence-corrected chi connectivity index (χ2v) is 20.8. The molecule has 0 aromatic heterocycles. The van der Waals surface area contributed by atoms with Crippen LogP contribution in [-0.4, -0.2) is 138 Å². The number of nitro benzene ring substituents is 4. The molecule has 104 heavy (non-hydrogen) atoms. The fourth-order valence-corrected chi connectivity index (χ4v) is 9.36. The van der Waals surface area contributed by atoms with E-state index in [4.69, 9.17) is 51.8 Å². The Morgan fingerprint density at radius 2 is 1.02 bits per heavy atom. The number of halogens is 7. The van der Waals surface area contributed by atoms with Crippen LogP contribution in [0.5, 0.6) is 17.2 Å². The quantitative estimate of drug-likeness (QED) is 0.00928. The number of carboxylic acid groups (broad SMARTS) is 1. The summed E-state index contributed by atoms with van der Waals surface area (Å²) in [5.74, 6) is -11.0. The molecule has 0 saturated carbocycles. The summed E-state index contributed by atoms with van der Waals surface area (Å²) in [7, 11) is 0. The number of amides is 3. The van der Waals surface area contributed by atoms with Crippen LogP contribution >= 0.6 is 11.6 Å². The Hall–Kier alpha value is -8.93. The van der Waals surface area contributed by atoms with Crippen LogP contribution in [0.15, 0.2) is 97.1 Å². The van der Waals surface area contributed by atoms with E-state index in [0.717, 1.165) is 54.6 Å². The number of hydrogen-bond donors (Lipinski definition) is 6. The van der Waals surface area contributed by atoms with Crippen molar-refractivity contribution in [3.05, 3.63) is 177 Å². The molecule has 43 heteroatoms. The molecule has 7 N–H and O–H groups in total. The van der Waals surface area contributed by atoms with Crippen LogP contribution in [0.3, 0.4) is 0 Å². The van der Waals surface area contributed by atoms with Gasteiger partial charge in [-0.25, -0.2) is 35.9 Å². The van der Waals surface area contributed by atoms with Crippen LogP contribution in [0.1, 0.15) is 41.0 Å². The Bertz CT molecular complexity index is 3930. The van der Waals surface area contributed by atoms with Crippen LogP contribution in [0, 0.1) is 87.2 Å². The van der Waals surface area contributed by atoms with E-state index >= 15 is 0 Å². The molecular weight excluding hydrogens is 1480 g/mol. The van der Waals surface area contributed by atoms with E-state index < -0.39 is 125 Å². The third-order valence-corrected chi connectivity index (χ3v) is 14.2. The molecule has 0 bridgehead atoms. The molecule has 10 rings (SSSR count). The molecule has 34 nitrogen and oxygen atoms in total. The predicted molar refractivity (Wildman–Crippen MR) is 343 cm³/mol. The molecule has 0 spiro atoms. The Kier molecular flexibility index (Phi) is 40.3. The molecular formula is C61H61ClF6K2N10O24. The second kappa shape index (κ2) is 46.0. The first-order valence-corrected chi connectivity index (χ1v) is 29.7. The van der Waals surface area contributed by atoms with Gasteiger partial charge < -0.3 is 77.0 Å². The molecule has 2 fully saturated rings. The summed E-state index contributed by atoms with van der Waals surface area (Å²) in [6.07, 6.45) is 1.77. The molecule has 0 radical (unpaired) electrons. The second-order valence-electron chi connectivity index (χ2n) is 20.4. The smallest absolute Gasteiger partial charge is 1.00 e. The number of carbonyl (C=O) groups is 7. The summed E-state index contributed by atoms with van der Waals surface area (Å²) in [6.45, 7) is 3.88. The normalized spacial score (nSPS) is 13.0. The number of para-hydroxylation sites is 3. The molecule has 6 aromatic carbocycles. The minimum atomic E-state index is -1.49. The Balaban J connectivity index is 0.000000647. The number of aliphatic carboxylic acids is 1. The van der Waals surface area contributed by atoms with E-state index in [1.54, 1.807) is 60.0 Å². The van der Waals surface area contributed by atoms with Gasteiger partial charge in [-0.05, 0) is 75.9 Å². The number of carbonyl (C=O) groups excluding carboxylic acids is 6. The maximum absolute atomic E-state index is 13.5. The maximum Gasteiger partial charge on any atom is 1.00 e. The van der Waals surface area contributed by atoms with Gasteiger partial charge in [0.1, 0.15) is 6.61 Å². The zero-order valence-electron chi connectivity index (χ0n) is 56.2. The number of nitrogens with one attached hydrogen (secondary N) is 3. The molecule has 4 aliphatic rings. The summed E-state index contributed by atoms with van der Waals surface area (Å²) >= 11 is 5.42. The standard InChI is InChI=1S/C20H18F3N3O3.C12H12F3NO2.C10H10N2O7.C8H8N2O2.C6H3ClN2O4.C4H8O3.CH2O3.2K.H/c21-13-8-12(9-14(22)18(13)23)26-6-4-11(5-7-26)20(28)25-16-3-1-2-15-19(16)29-10-17(27)24-15;13-9-5-8(6-10(14)11(9)15)16-3-1-7(2-4-16)12(17)18;1-2-18-9(13)6-19-10-7(11(14)15)4-3-5-8(10)12(16)17;9-5-2-1-3-6-8(5)12-4-7(11)10-6;7-6-4(8(10)11)2-1-3-5(6)9(12)13;1-2-7-4(6)3-5;2-1-4-3;;;/h1-3,8-9,11H,4-7,10H2,(H,24,27)(H,25,28);5-7H,1-4H2,(H,17,18);3-5H,2,6H2,1H3;1-3H,4,9H2,(H,10,11);1-3H;5H,2-3H2,1H3;1,3H;;;/q;;;;;;;2*+1;-1/p-1. The predicted octanol–water partition coefficient (Wildman–Crippen LogP) is 1.99. The number of fused-ring (bicyclic) bond motifs is 2. The molecule has 4 heterocycles. The fourth-order valence-electron chi connectivity index (χ4n) is 9.10. The van der Waals surface area contributed by atoms with Crippen molar-refractivity contribution in [1.29, 1.82) is 0 Å². The molecule has 0 unspecified atom stereocenters. The maximum atomic E-state index is 13.5. The number of esters is 2. The average Bonchev–Trinajstić information content (AvgIpc) is 0.825. The van der Waals surface area contributed by atoms with Crippen LogP contribution in [0.25, 0.3) is 0 Å². The van der Waals surface area contributed by atoms with E-state index in [2.05, 4.69) is 30.3 Å². The number of piperidine rings is 2. The zero-order valence-corrected chi connectivity index (χ0v) is 62.2. The van der Waals surface area contributed by atoms with Crippen molar-refractivity contribution in [2.75, 3.05) is 97.3 Å². The van der Waals surface area contributed by atoms with Crippen LogP contribution < -0.4 is 154 Å². The number of carboxylic acids is 1. The number of aliphatic hydroxyl groups excluding tert-OH is 1. The Morgan fingerprint density at radius 1 is 0.644 bits per heavy atom. The van der Waals surface area contributed by atoms with Gasteiger partial charge in [0.25, 0.3) is 35.4 Å². The van der Waals surface area contributed by atoms with Gasteiger partial charge in [0, 0.05) is 92.0 Å². The average molecular weight is 1550 g/mol. The van der Waals surface area contributed by atoms with Crippen molar-refractivity contribution in [3.8, 4) is 17.2 Å². The Labute approximate surface area is 675 Å². The van der Waals surface area contributed by atoms with Gasteiger partial charge in [0.05, 0.1) is 61.6 Å². The Morgan fingerprint density at radius 3 is 1.40 bits per heavy atom. The van der Waals surface area contributed by atoms with E-state index in [-0.39, 0.29) is 166 Å². The fraction of sp³-hybridized carbons (Fsp3) is 0.295. The van der Waals surface area contributed by atoms with Gasteiger partial charge >= 0.3 is 132 Å². The van der Waals surface area contributed by atoms with E-state index in [0.29, 0.717) is 92.7 Å². The SMILES string of the molecule is CCOC(=O)CO.CCOC(=O)COc1c([N+](=O)[O-])cccc1[N+](=O)[O-].Nc1cccc2c1OCC(=O)N2.O=C(O)C1CCN(c2cc(F)c(F)c(F)c2)CC1.O=C1COc2c(cccc2NC(=O)C2CCN(c3cc(F)c(F)c(F)c3)CC2)N1.O=CO[O-].O=[N+]([O-])c1cccc([N+](=O)[O-])c1Cl.[H-].[K+].[K+]. The van der Waals surface area contributed by atoms with Gasteiger partial charge in [-0.2, -0.15) is 0 Å². The van der Waals surface area contributed by atoms with Crippen molar-refractivity contribution in [3.63, 3.8) is 0 Å². The number of rotatable bonds is 16. The van der Waals surface area contributed by atoms with Crippen molar-refractivity contribution < 1.29 is 228 Å². The molecule has 0 atom stereocenters. The van der Waals surface area contributed by atoms with Gasteiger partial charge in [-0.15, -0.1) is 0 Å². The van der Waals surface area contributed by atoms with Gasteiger partial charge in [-0.1, -0.05) is 23.7 Å². The van der Waals surface area contributed by atoms with E-state index in [9.17, 15) is 95.6 Å². The van der Waals surface area contributed by atoms with Crippen molar-refractivity contribution in [2.45, 2.75) is 39.5 Å². The van der Waals surface area contributed by atoms with Crippen molar-refractivity contribution in [1.82, 2.24) is 0 Å². The molecule has 4 aliphatic heterocycles. The minimum Gasteiger partial charge on any atom is -1.00 e. The number of benzene rings is 6. The molecule has 6 aromatic rings.